The van der Waals surface area contributed by atoms with E-state index in [4.69, 9.17) is 5.73 Å². The van der Waals surface area contributed by atoms with Crippen molar-refractivity contribution in [3.63, 3.8) is 0 Å². The molecule has 0 radical (unpaired) electrons. The van der Waals surface area contributed by atoms with Crippen molar-refractivity contribution < 1.29 is 22.8 Å². The Kier molecular flexibility index (Phi) is 4.15. The second-order valence-corrected chi connectivity index (χ2v) is 6.36. The zero-order chi connectivity index (χ0) is 17.5. The highest BCUT2D eigenvalue weighted by molar-refractivity contribution is 5.80. The summed E-state index contributed by atoms with van der Waals surface area (Å²) in [6, 6.07) is 4.73. The third kappa shape index (κ3) is 3.47. The van der Waals surface area contributed by atoms with Crippen LogP contribution in [0.5, 0.6) is 0 Å². The summed E-state index contributed by atoms with van der Waals surface area (Å²) in [5.74, 6) is -0.849. The van der Waals surface area contributed by atoms with E-state index in [9.17, 15) is 22.8 Å². The number of hydrogen-bond acceptors (Lipinski definition) is 2. The Bertz CT molecular complexity index is 662. The number of rotatable bonds is 3. The van der Waals surface area contributed by atoms with Crippen LogP contribution in [0.3, 0.4) is 0 Å². The number of halogens is 3. The molecule has 3 N–H and O–H groups in total. The van der Waals surface area contributed by atoms with Gasteiger partial charge in [0, 0.05) is 25.0 Å². The van der Waals surface area contributed by atoms with E-state index in [1.807, 2.05) is 0 Å². The first-order valence-electron chi connectivity index (χ1n) is 7.77. The number of amides is 3. The van der Waals surface area contributed by atoms with Gasteiger partial charge in [-0.1, -0.05) is 18.2 Å². The maximum Gasteiger partial charge on any atom is 0.416 e. The average Bonchev–Trinajstić information content (AvgIpc) is 3.09. The molecule has 1 aromatic carbocycles. The number of benzene rings is 1. The summed E-state index contributed by atoms with van der Waals surface area (Å²) >= 11 is 0. The van der Waals surface area contributed by atoms with Gasteiger partial charge in [0.25, 0.3) is 0 Å². The Hall–Kier alpha value is -2.25. The normalized spacial score (nSPS) is 26.3. The smallest absolute Gasteiger partial charge is 0.369 e. The third-order valence-corrected chi connectivity index (χ3v) is 4.62. The topological polar surface area (TPSA) is 75.4 Å². The van der Waals surface area contributed by atoms with Gasteiger partial charge in [0.1, 0.15) is 0 Å². The molecule has 3 unspecified atom stereocenters. The lowest BCUT2D eigenvalue weighted by atomic mass is 10.1. The van der Waals surface area contributed by atoms with Crippen molar-refractivity contribution in [1.82, 2.24) is 10.2 Å². The molecule has 1 saturated heterocycles. The molecule has 1 saturated carbocycles. The standard InChI is InChI=1S/C16H18F3N3O2/c17-16(18,19)11-3-1-2-9(6-11)12-7-13(12)21-15(24)22-5-4-10(8-22)14(20)23/h1-3,6,10,12-13H,4-5,7-8H2,(H2,20,23)(H,21,24). The SMILES string of the molecule is NC(=O)C1CCN(C(=O)NC2CC2c2cccc(C(F)(F)F)c2)C1. The molecule has 1 aliphatic heterocycles. The van der Waals surface area contributed by atoms with Gasteiger partial charge in [0.15, 0.2) is 0 Å². The minimum absolute atomic E-state index is 0.106. The van der Waals surface area contributed by atoms with E-state index in [1.54, 1.807) is 6.07 Å². The maximum absolute atomic E-state index is 12.8. The van der Waals surface area contributed by atoms with E-state index in [1.165, 1.54) is 11.0 Å². The van der Waals surface area contributed by atoms with Gasteiger partial charge in [-0.3, -0.25) is 4.79 Å². The average molecular weight is 341 g/mol. The van der Waals surface area contributed by atoms with Crippen molar-refractivity contribution in [2.45, 2.75) is 31.0 Å². The number of likely N-dealkylation sites (tertiary alicyclic amines) is 1. The van der Waals surface area contributed by atoms with Gasteiger partial charge >= 0.3 is 12.2 Å². The maximum atomic E-state index is 12.8. The number of nitrogens with one attached hydrogen (secondary N) is 1. The van der Waals surface area contributed by atoms with E-state index in [0.717, 1.165) is 12.1 Å². The molecule has 0 spiro atoms. The van der Waals surface area contributed by atoms with Gasteiger partial charge in [-0.05, 0) is 24.5 Å². The molecule has 130 valence electrons. The predicted molar refractivity (Wildman–Crippen MR) is 80.0 cm³/mol. The molecule has 2 aliphatic rings. The summed E-state index contributed by atoms with van der Waals surface area (Å²) in [5, 5.41) is 2.82. The Morgan fingerprint density at radius 2 is 2.04 bits per heavy atom. The van der Waals surface area contributed by atoms with Crippen molar-refractivity contribution in [1.29, 1.82) is 0 Å². The summed E-state index contributed by atoms with van der Waals surface area (Å²) in [5.41, 5.74) is 5.13. The van der Waals surface area contributed by atoms with Crippen molar-refractivity contribution in [2.75, 3.05) is 13.1 Å². The second kappa shape index (κ2) is 5.99. The molecule has 3 amide bonds. The number of hydrogen-bond donors (Lipinski definition) is 2. The van der Waals surface area contributed by atoms with Gasteiger partial charge < -0.3 is 16.0 Å². The molecule has 24 heavy (non-hydrogen) atoms. The molecule has 1 aromatic rings. The molecule has 5 nitrogen and oxygen atoms in total. The number of primary amides is 1. The lowest BCUT2D eigenvalue weighted by Crippen LogP contribution is -2.40. The monoisotopic (exact) mass is 341 g/mol. The summed E-state index contributed by atoms with van der Waals surface area (Å²) < 4.78 is 38.3. The van der Waals surface area contributed by atoms with Gasteiger partial charge in [-0.2, -0.15) is 13.2 Å². The number of urea groups is 1. The van der Waals surface area contributed by atoms with E-state index in [2.05, 4.69) is 5.32 Å². The van der Waals surface area contributed by atoms with Crippen LogP contribution in [-0.2, 0) is 11.0 Å². The predicted octanol–water partition coefficient (Wildman–Crippen LogP) is 2.08. The van der Waals surface area contributed by atoms with Crippen LogP contribution in [0.25, 0.3) is 0 Å². The summed E-state index contributed by atoms with van der Waals surface area (Å²) in [6.07, 6.45) is -3.21. The lowest BCUT2D eigenvalue weighted by Gasteiger charge is -2.17. The molecule has 0 bridgehead atoms. The first-order valence-corrected chi connectivity index (χ1v) is 7.77. The minimum Gasteiger partial charge on any atom is -0.369 e. The molecule has 3 rings (SSSR count). The second-order valence-electron chi connectivity index (χ2n) is 6.36. The number of carbonyl (C=O) groups excluding carboxylic acids is 2. The minimum atomic E-state index is -4.37. The van der Waals surface area contributed by atoms with Crippen LogP contribution in [0, 0.1) is 5.92 Å². The number of alkyl halides is 3. The van der Waals surface area contributed by atoms with Gasteiger partial charge in [0.2, 0.25) is 5.91 Å². The Morgan fingerprint density at radius 1 is 1.29 bits per heavy atom. The van der Waals surface area contributed by atoms with Crippen molar-refractivity contribution in [2.24, 2.45) is 11.7 Å². The first-order chi connectivity index (χ1) is 11.3. The number of carbonyl (C=O) groups is 2. The van der Waals surface area contributed by atoms with Crippen LogP contribution in [0.1, 0.15) is 29.9 Å². The fourth-order valence-corrected chi connectivity index (χ4v) is 3.10. The molecule has 8 heteroatoms. The van der Waals surface area contributed by atoms with Crippen LogP contribution < -0.4 is 11.1 Å². The van der Waals surface area contributed by atoms with Crippen molar-refractivity contribution in [3.8, 4) is 0 Å². The van der Waals surface area contributed by atoms with E-state index in [-0.39, 0.29) is 23.9 Å². The van der Waals surface area contributed by atoms with Crippen LogP contribution in [-0.4, -0.2) is 36.0 Å². The fraction of sp³-hybridized carbons (Fsp3) is 0.500. The molecule has 1 heterocycles. The Balaban J connectivity index is 1.57. The highest BCUT2D eigenvalue weighted by Crippen LogP contribution is 2.42. The highest BCUT2D eigenvalue weighted by Gasteiger charge is 2.42. The number of nitrogens with zero attached hydrogens (tertiary/aromatic N) is 1. The number of nitrogens with two attached hydrogens (primary N) is 1. The largest absolute Gasteiger partial charge is 0.416 e. The first kappa shape index (κ1) is 16.6. The van der Waals surface area contributed by atoms with Crippen LogP contribution in [0.15, 0.2) is 24.3 Å². The fourth-order valence-electron chi connectivity index (χ4n) is 3.10. The van der Waals surface area contributed by atoms with E-state index < -0.39 is 17.6 Å². The summed E-state index contributed by atoms with van der Waals surface area (Å²) in [6.45, 7) is 0.752. The highest BCUT2D eigenvalue weighted by atomic mass is 19.4. The third-order valence-electron chi connectivity index (χ3n) is 4.62. The zero-order valence-electron chi connectivity index (χ0n) is 12.8. The van der Waals surface area contributed by atoms with E-state index in [0.29, 0.717) is 31.5 Å². The van der Waals surface area contributed by atoms with Crippen molar-refractivity contribution in [3.05, 3.63) is 35.4 Å². The van der Waals surface area contributed by atoms with E-state index >= 15 is 0 Å². The van der Waals surface area contributed by atoms with Crippen molar-refractivity contribution >= 4 is 11.9 Å². The Morgan fingerprint density at radius 3 is 2.67 bits per heavy atom. The Labute approximate surface area is 137 Å². The molecule has 3 atom stereocenters. The van der Waals surface area contributed by atoms with Gasteiger partial charge in [-0.25, -0.2) is 4.79 Å². The quantitative estimate of drug-likeness (QED) is 0.883. The summed E-state index contributed by atoms with van der Waals surface area (Å²) in [4.78, 5) is 24.8. The molecule has 2 fully saturated rings. The molecule has 0 aromatic heterocycles. The molecule has 1 aliphatic carbocycles. The zero-order valence-corrected chi connectivity index (χ0v) is 12.8. The van der Waals surface area contributed by atoms with Crippen LogP contribution in [0.2, 0.25) is 0 Å². The molecular weight excluding hydrogens is 323 g/mol. The van der Waals surface area contributed by atoms with Gasteiger partial charge in [0.05, 0.1) is 11.5 Å². The van der Waals surface area contributed by atoms with Gasteiger partial charge in [-0.15, -0.1) is 0 Å². The lowest BCUT2D eigenvalue weighted by molar-refractivity contribution is -0.137. The molecular formula is C16H18F3N3O2. The van der Waals surface area contributed by atoms with Crippen LogP contribution in [0.4, 0.5) is 18.0 Å². The van der Waals surface area contributed by atoms with Crippen LogP contribution >= 0.6 is 0 Å². The summed E-state index contributed by atoms with van der Waals surface area (Å²) in [7, 11) is 0.